The highest BCUT2D eigenvalue weighted by Crippen LogP contribution is 2.26. The van der Waals surface area contributed by atoms with Crippen LogP contribution in [0.3, 0.4) is 0 Å². The zero-order valence-electron chi connectivity index (χ0n) is 9.82. The summed E-state index contributed by atoms with van der Waals surface area (Å²) in [4.78, 5) is 10.7. The maximum Gasteiger partial charge on any atom is 0.146 e. The van der Waals surface area contributed by atoms with E-state index in [0.717, 1.165) is 23.2 Å². The van der Waals surface area contributed by atoms with Crippen molar-refractivity contribution in [3.05, 3.63) is 29.3 Å². The Balaban J connectivity index is 3.13. The molecule has 0 radical (unpaired) electrons. The van der Waals surface area contributed by atoms with E-state index < -0.39 is 0 Å². The first kappa shape index (κ1) is 12.3. The van der Waals surface area contributed by atoms with Crippen LogP contribution in [0.4, 0.5) is 0 Å². The van der Waals surface area contributed by atoms with Gasteiger partial charge in [0.05, 0.1) is 14.2 Å². The molecule has 0 fully saturated rings. The van der Waals surface area contributed by atoms with Crippen LogP contribution < -0.4 is 9.47 Å². The predicted octanol–water partition coefficient (Wildman–Crippen LogP) is 2.70. The average Bonchev–Trinajstić information content (AvgIpc) is 2.35. The number of ether oxygens (including phenoxy) is 2. The Morgan fingerprint density at radius 1 is 1.31 bits per heavy atom. The van der Waals surface area contributed by atoms with E-state index in [1.807, 2.05) is 25.1 Å². The number of hydrogen-bond donors (Lipinski definition) is 0. The van der Waals surface area contributed by atoms with Gasteiger partial charge in [-0.05, 0) is 30.2 Å². The van der Waals surface area contributed by atoms with Crippen LogP contribution in [0.2, 0.25) is 0 Å². The number of hydrogen-bond acceptors (Lipinski definition) is 3. The van der Waals surface area contributed by atoms with Crippen LogP contribution in [0.25, 0.3) is 6.08 Å². The average molecular weight is 220 g/mol. The summed E-state index contributed by atoms with van der Waals surface area (Å²) < 4.78 is 10.3. The number of carbonyl (C=O) groups excluding carboxylic acids is 1. The molecule has 0 spiro atoms. The first-order chi connectivity index (χ1) is 7.74. The quantitative estimate of drug-likeness (QED) is 0.565. The molecular formula is C13H16O3. The minimum absolute atomic E-state index is 0.701. The van der Waals surface area contributed by atoms with Crippen molar-refractivity contribution < 1.29 is 14.3 Å². The van der Waals surface area contributed by atoms with Crippen LogP contribution in [-0.2, 0) is 4.79 Å². The number of carbonyl (C=O) groups is 1. The van der Waals surface area contributed by atoms with Crippen LogP contribution in [0.5, 0.6) is 11.5 Å². The Kier molecular flexibility index (Phi) is 4.58. The fourth-order valence-electron chi connectivity index (χ4n) is 1.36. The zero-order valence-corrected chi connectivity index (χ0v) is 9.82. The maximum absolute atomic E-state index is 10.7. The molecule has 0 aliphatic heterocycles. The van der Waals surface area contributed by atoms with E-state index in [2.05, 4.69) is 0 Å². The van der Waals surface area contributed by atoms with Gasteiger partial charge in [-0.25, -0.2) is 0 Å². The molecule has 1 aromatic rings. The minimum Gasteiger partial charge on any atom is -0.497 e. The van der Waals surface area contributed by atoms with Gasteiger partial charge in [-0.1, -0.05) is 6.92 Å². The second-order valence-electron chi connectivity index (χ2n) is 3.30. The lowest BCUT2D eigenvalue weighted by Gasteiger charge is -2.07. The summed E-state index contributed by atoms with van der Waals surface area (Å²) in [5, 5.41) is 0. The molecule has 0 atom stereocenters. The lowest BCUT2D eigenvalue weighted by Crippen LogP contribution is -1.91. The molecule has 1 aromatic carbocycles. The number of aldehydes is 1. The van der Waals surface area contributed by atoms with Gasteiger partial charge in [0, 0.05) is 11.6 Å². The third kappa shape index (κ3) is 2.86. The normalized spacial score (nSPS) is 11.1. The highest BCUT2D eigenvalue weighted by atomic mass is 16.5. The van der Waals surface area contributed by atoms with Gasteiger partial charge in [0.15, 0.2) is 0 Å². The molecular weight excluding hydrogens is 204 g/mol. The first-order valence-electron chi connectivity index (χ1n) is 5.13. The number of benzene rings is 1. The molecule has 3 nitrogen and oxygen atoms in total. The standard InChI is InChI=1S/C13H16O3/c1-4-10(9-14)7-11-5-6-12(15-2)8-13(11)16-3/h5-9H,4H2,1-3H3/b10-7+. The van der Waals surface area contributed by atoms with E-state index in [-0.39, 0.29) is 0 Å². The maximum atomic E-state index is 10.7. The summed E-state index contributed by atoms with van der Waals surface area (Å²) in [7, 11) is 3.20. The Bertz CT molecular complexity index is 394. The second kappa shape index (κ2) is 5.95. The topological polar surface area (TPSA) is 35.5 Å². The first-order valence-corrected chi connectivity index (χ1v) is 5.13. The van der Waals surface area contributed by atoms with Crippen molar-refractivity contribution in [2.45, 2.75) is 13.3 Å². The third-order valence-corrected chi connectivity index (χ3v) is 2.34. The van der Waals surface area contributed by atoms with Crippen molar-refractivity contribution in [2.24, 2.45) is 0 Å². The van der Waals surface area contributed by atoms with Crippen molar-refractivity contribution >= 4 is 12.4 Å². The molecule has 0 unspecified atom stereocenters. The summed E-state index contributed by atoms with van der Waals surface area (Å²) in [6, 6.07) is 5.51. The predicted molar refractivity (Wildman–Crippen MR) is 63.9 cm³/mol. The number of allylic oxidation sites excluding steroid dienone is 1. The molecule has 0 aliphatic rings. The smallest absolute Gasteiger partial charge is 0.146 e. The zero-order chi connectivity index (χ0) is 12.0. The van der Waals surface area contributed by atoms with Crippen LogP contribution in [0.1, 0.15) is 18.9 Å². The van der Waals surface area contributed by atoms with E-state index in [4.69, 9.17) is 9.47 Å². The summed E-state index contributed by atoms with van der Waals surface area (Å²) >= 11 is 0. The fourth-order valence-corrected chi connectivity index (χ4v) is 1.36. The molecule has 0 saturated heterocycles. The Morgan fingerprint density at radius 2 is 2.06 bits per heavy atom. The minimum atomic E-state index is 0.701. The van der Waals surface area contributed by atoms with Crippen LogP contribution >= 0.6 is 0 Å². The lowest BCUT2D eigenvalue weighted by atomic mass is 10.1. The molecule has 86 valence electrons. The Labute approximate surface area is 95.7 Å². The molecule has 0 N–H and O–H groups in total. The summed E-state index contributed by atoms with van der Waals surface area (Å²) in [6.07, 6.45) is 3.40. The van der Waals surface area contributed by atoms with Gasteiger partial charge in [0.2, 0.25) is 0 Å². The van der Waals surface area contributed by atoms with E-state index in [9.17, 15) is 4.79 Å². The van der Waals surface area contributed by atoms with Crippen LogP contribution in [0.15, 0.2) is 23.8 Å². The molecule has 16 heavy (non-hydrogen) atoms. The molecule has 0 heterocycles. The summed E-state index contributed by atoms with van der Waals surface area (Å²) in [5.41, 5.74) is 1.62. The Morgan fingerprint density at radius 3 is 2.56 bits per heavy atom. The van der Waals surface area contributed by atoms with Gasteiger partial charge < -0.3 is 9.47 Å². The van der Waals surface area contributed by atoms with Gasteiger partial charge in [-0.3, -0.25) is 4.79 Å². The van der Waals surface area contributed by atoms with Crippen molar-refractivity contribution in [2.75, 3.05) is 14.2 Å². The molecule has 0 aliphatic carbocycles. The van der Waals surface area contributed by atoms with Gasteiger partial charge in [0.25, 0.3) is 0 Å². The Hall–Kier alpha value is -1.77. The number of rotatable bonds is 5. The van der Waals surface area contributed by atoms with E-state index in [1.54, 1.807) is 20.3 Å². The third-order valence-electron chi connectivity index (χ3n) is 2.34. The fraction of sp³-hybridized carbons (Fsp3) is 0.308. The highest BCUT2D eigenvalue weighted by Gasteiger charge is 2.03. The second-order valence-corrected chi connectivity index (χ2v) is 3.30. The van der Waals surface area contributed by atoms with Gasteiger partial charge >= 0.3 is 0 Å². The van der Waals surface area contributed by atoms with Crippen molar-refractivity contribution in [1.29, 1.82) is 0 Å². The summed E-state index contributed by atoms with van der Waals surface area (Å²) in [6.45, 7) is 1.94. The monoisotopic (exact) mass is 220 g/mol. The van der Waals surface area contributed by atoms with Gasteiger partial charge in [-0.15, -0.1) is 0 Å². The summed E-state index contributed by atoms with van der Waals surface area (Å²) in [5.74, 6) is 1.44. The highest BCUT2D eigenvalue weighted by molar-refractivity contribution is 5.82. The van der Waals surface area contributed by atoms with Gasteiger partial charge in [0.1, 0.15) is 17.8 Å². The van der Waals surface area contributed by atoms with Crippen molar-refractivity contribution in [1.82, 2.24) is 0 Å². The van der Waals surface area contributed by atoms with E-state index in [1.165, 1.54) is 0 Å². The molecule has 1 rings (SSSR count). The lowest BCUT2D eigenvalue weighted by molar-refractivity contribution is -0.104. The number of methoxy groups -OCH3 is 2. The molecule has 0 bridgehead atoms. The SMILES string of the molecule is CC/C(C=O)=C\c1ccc(OC)cc1OC. The van der Waals surface area contributed by atoms with Crippen LogP contribution in [-0.4, -0.2) is 20.5 Å². The molecule has 0 amide bonds. The van der Waals surface area contributed by atoms with Crippen LogP contribution in [0, 0.1) is 0 Å². The van der Waals surface area contributed by atoms with Gasteiger partial charge in [-0.2, -0.15) is 0 Å². The molecule has 0 saturated carbocycles. The molecule has 0 aromatic heterocycles. The molecule has 3 heteroatoms. The largest absolute Gasteiger partial charge is 0.497 e. The van der Waals surface area contributed by atoms with Crippen molar-refractivity contribution in [3.8, 4) is 11.5 Å². The van der Waals surface area contributed by atoms with E-state index >= 15 is 0 Å². The van der Waals surface area contributed by atoms with Crippen molar-refractivity contribution in [3.63, 3.8) is 0 Å². The van der Waals surface area contributed by atoms with E-state index in [0.29, 0.717) is 12.2 Å².